The Morgan fingerprint density at radius 2 is 1.93 bits per heavy atom. The summed E-state index contributed by atoms with van der Waals surface area (Å²) < 4.78 is 0.309. The van der Waals surface area contributed by atoms with Gasteiger partial charge in [-0.1, -0.05) is 53.4 Å². The molecule has 0 atom stereocenters. The second-order valence-electron chi connectivity index (χ2n) is 3.30. The zero-order valence-corrected chi connectivity index (χ0v) is 11.1. The normalized spacial score (nSPS) is 12.1. The Bertz CT molecular complexity index is 317. The summed E-state index contributed by atoms with van der Waals surface area (Å²) in [6.45, 7) is 4.86. The van der Waals surface area contributed by atoms with Crippen LogP contribution in [0.15, 0.2) is 0 Å². The van der Waals surface area contributed by atoms with Crippen LogP contribution in [0.4, 0.5) is 0 Å². The van der Waals surface area contributed by atoms with Crippen LogP contribution in [0.5, 0.6) is 0 Å². The van der Waals surface area contributed by atoms with E-state index in [4.69, 9.17) is 34.8 Å². The molecule has 0 fully saturated rings. The summed E-state index contributed by atoms with van der Waals surface area (Å²) in [5.41, 5.74) is 1.39. The molecule has 0 radical (unpaired) electrons. The average Bonchev–Trinajstić information content (AvgIpc) is 2.56. The van der Waals surface area contributed by atoms with Gasteiger partial charge < -0.3 is 0 Å². The minimum Gasteiger partial charge on any atom is -0.249 e. The first-order valence-corrected chi connectivity index (χ1v) is 6.13. The lowest BCUT2D eigenvalue weighted by Crippen LogP contribution is -2.09. The SMILES string of the molecule is CCCCc1c(C(Cl)(Cl)Cl)nnn1CC. The van der Waals surface area contributed by atoms with Crippen molar-refractivity contribution in [3.8, 4) is 0 Å². The molecule has 6 heteroatoms. The van der Waals surface area contributed by atoms with Crippen LogP contribution >= 0.6 is 34.8 Å². The van der Waals surface area contributed by atoms with Crippen molar-refractivity contribution >= 4 is 34.8 Å². The highest BCUT2D eigenvalue weighted by molar-refractivity contribution is 6.66. The number of aryl methyl sites for hydroxylation is 1. The third-order valence-electron chi connectivity index (χ3n) is 2.17. The number of rotatable bonds is 4. The van der Waals surface area contributed by atoms with Crippen LogP contribution in [0.2, 0.25) is 0 Å². The number of alkyl halides is 3. The third-order valence-corrected chi connectivity index (χ3v) is 2.71. The average molecular weight is 271 g/mol. The van der Waals surface area contributed by atoms with Gasteiger partial charge in [-0.2, -0.15) is 0 Å². The van der Waals surface area contributed by atoms with Crippen molar-refractivity contribution in [1.82, 2.24) is 15.0 Å². The molecule has 0 saturated heterocycles. The number of nitrogens with zero attached hydrogens (tertiary/aromatic N) is 3. The molecule has 86 valence electrons. The van der Waals surface area contributed by atoms with Crippen LogP contribution < -0.4 is 0 Å². The maximum Gasteiger partial charge on any atom is 0.236 e. The number of unbranched alkanes of at least 4 members (excludes halogenated alkanes) is 1. The lowest BCUT2D eigenvalue weighted by Gasteiger charge is -2.10. The molecule has 1 aromatic rings. The predicted molar refractivity (Wildman–Crippen MR) is 63.5 cm³/mol. The molecule has 1 heterocycles. The van der Waals surface area contributed by atoms with Gasteiger partial charge in [0, 0.05) is 6.54 Å². The van der Waals surface area contributed by atoms with Crippen molar-refractivity contribution in [1.29, 1.82) is 0 Å². The van der Waals surface area contributed by atoms with Gasteiger partial charge in [0.1, 0.15) is 5.69 Å². The fourth-order valence-corrected chi connectivity index (χ4v) is 1.84. The number of aromatic nitrogens is 3. The topological polar surface area (TPSA) is 30.7 Å². The van der Waals surface area contributed by atoms with Crippen LogP contribution in [0.3, 0.4) is 0 Å². The number of halogens is 3. The van der Waals surface area contributed by atoms with E-state index in [9.17, 15) is 0 Å². The molecule has 0 N–H and O–H groups in total. The summed E-state index contributed by atoms with van der Waals surface area (Å²) >= 11 is 17.5. The fourth-order valence-electron chi connectivity index (χ4n) is 1.40. The molecule has 0 saturated carbocycles. The van der Waals surface area contributed by atoms with E-state index in [2.05, 4.69) is 17.2 Å². The third kappa shape index (κ3) is 3.23. The smallest absolute Gasteiger partial charge is 0.236 e. The van der Waals surface area contributed by atoms with Gasteiger partial charge in [-0.25, -0.2) is 4.68 Å². The van der Waals surface area contributed by atoms with Crippen molar-refractivity contribution in [2.24, 2.45) is 0 Å². The molecule has 3 nitrogen and oxygen atoms in total. The maximum absolute atomic E-state index is 5.83. The highest BCUT2D eigenvalue weighted by Gasteiger charge is 2.31. The van der Waals surface area contributed by atoms with E-state index in [0.717, 1.165) is 31.5 Å². The molecule has 0 spiro atoms. The van der Waals surface area contributed by atoms with Gasteiger partial charge in [0.05, 0.1) is 5.69 Å². The van der Waals surface area contributed by atoms with Gasteiger partial charge in [0.25, 0.3) is 0 Å². The molecular formula is C9H14Cl3N3. The summed E-state index contributed by atoms with van der Waals surface area (Å²) in [7, 11) is 0. The van der Waals surface area contributed by atoms with Crippen LogP contribution in [0, 0.1) is 0 Å². The summed E-state index contributed by atoms with van der Waals surface area (Å²) in [6, 6.07) is 0. The summed E-state index contributed by atoms with van der Waals surface area (Å²) in [5.74, 6) is 0. The lowest BCUT2D eigenvalue weighted by molar-refractivity contribution is 0.587. The molecular weight excluding hydrogens is 256 g/mol. The Balaban J connectivity index is 3.00. The number of hydrogen-bond acceptors (Lipinski definition) is 2. The monoisotopic (exact) mass is 269 g/mol. The predicted octanol–water partition coefficient (Wildman–Crippen LogP) is 3.47. The molecule has 0 aliphatic heterocycles. The Labute approximate surface area is 105 Å². The Morgan fingerprint density at radius 3 is 2.40 bits per heavy atom. The van der Waals surface area contributed by atoms with Gasteiger partial charge >= 0.3 is 0 Å². The number of hydrogen-bond donors (Lipinski definition) is 0. The van der Waals surface area contributed by atoms with E-state index in [1.54, 1.807) is 4.68 Å². The quantitative estimate of drug-likeness (QED) is 0.785. The van der Waals surface area contributed by atoms with E-state index in [0.29, 0.717) is 5.69 Å². The Morgan fingerprint density at radius 1 is 1.27 bits per heavy atom. The largest absolute Gasteiger partial charge is 0.249 e. The summed E-state index contributed by atoms with van der Waals surface area (Å²) in [6.07, 6.45) is 2.98. The van der Waals surface area contributed by atoms with Crippen molar-refractivity contribution in [3.63, 3.8) is 0 Å². The van der Waals surface area contributed by atoms with Gasteiger partial charge in [0.15, 0.2) is 0 Å². The minimum atomic E-state index is -1.48. The van der Waals surface area contributed by atoms with E-state index in [-0.39, 0.29) is 0 Å². The zero-order chi connectivity index (χ0) is 11.5. The van der Waals surface area contributed by atoms with Crippen LogP contribution in [-0.4, -0.2) is 15.0 Å². The van der Waals surface area contributed by atoms with Gasteiger partial charge in [-0.05, 0) is 19.8 Å². The molecule has 15 heavy (non-hydrogen) atoms. The van der Waals surface area contributed by atoms with Crippen molar-refractivity contribution < 1.29 is 0 Å². The Hall–Kier alpha value is 0.01000. The second kappa shape index (κ2) is 5.37. The van der Waals surface area contributed by atoms with E-state index in [1.807, 2.05) is 6.92 Å². The highest BCUT2D eigenvalue weighted by Crippen LogP contribution is 2.38. The highest BCUT2D eigenvalue weighted by atomic mass is 35.6. The standard InChI is InChI=1S/C9H14Cl3N3/c1-3-5-6-7-8(9(10,11)12)13-14-15(7)4-2/h3-6H2,1-2H3. The molecule has 0 bridgehead atoms. The molecule has 1 aromatic heterocycles. The van der Waals surface area contributed by atoms with E-state index >= 15 is 0 Å². The summed E-state index contributed by atoms with van der Waals surface area (Å²) in [5, 5.41) is 7.90. The maximum atomic E-state index is 5.83. The second-order valence-corrected chi connectivity index (χ2v) is 5.58. The van der Waals surface area contributed by atoms with Crippen molar-refractivity contribution in [2.45, 2.75) is 43.4 Å². The molecule has 1 rings (SSSR count). The first-order chi connectivity index (χ1) is 7.00. The zero-order valence-electron chi connectivity index (χ0n) is 8.80. The van der Waals surface area contributed by atoms with Crippen molar-refractivity contribution in [3.05, 3.63) is 11.4 Å². The molecule has 0 aromatic carbocycles. The van der Waals surface area contributed by atoms with Crippen LogP contribution in [-0.2, 0) is 16.8 Å². The van der Waals surface area contributed by atoms with E-state index in [1.165, 1.54) is 0 Å². The first-order valence-electron chi connectivity index (χ1n) is 5.00. The molecule has 0 aliphatic carbocycles. The fraction of sp³-hybridized carbons (Fsp3) is 0.778. The van der Waals surface area contributed by atoms with E-state index < -0.39 is 3.79 Å². The first kappa shape index (κ1) is 13.1. The van der Waals surface area contributed by atoms with Crippen LogP contribution in [0.25, 0.3) is 0 Å². The van der Waals surface area contributed by atoms with Crippen molar-refractivity contribution in [2.75, 3.05) is 0 Å². The minimum absolute atomic E-state index is 0.461. The van der Waals surface area contributed by atoms with Gasteiger partial charge in [-0.3, -0.25) is 0 Å². The molecule has 0 unspecified atom stereocenters. The lowest BCUT2D eigenvalue weighted by atomic mass is 10.2. The molecule has 0 aliphatic rings. The van der Waals surface area contributed by atoms with Gasteiger partial charge in [0.2, 0.25) is 3.79 Å². The molecule has 0 amide bonds. The summed E-state index contributed by atoms with van der Waals surface area (Å²) in [4.78, 5) is 0. The Kier molecular flexibility index (Phi) is 4.68. The van der Waals surface area contributed by atoms with Gasteiger partial charge in [-0.15, -0.1) is 5.10 Å². The van der Waals surface area contributed by atoms with Crippen LogP contribution in [0.1, 0.15) is 38.1 Å².